The van der Waals surface area contributed by atoms with Gasteiger partial charge in [-0.05, 0) is 86.6 Å². The van der Waals surface area contributed by atoms with Crippen molar-refractivity contribution in [2.75, 3.05) is 44.2 Å². The van der Waals surface area contributed by atoms with Crippen LogP contribution >= 0.6 is 0 Å². The quantitative estimate of drug-likeness (QED) is 0.209. The Balaban J connectivity index is 1.19. The molecule has 3 saturated heterocycles. The minimum absolute atomic E-state index is 0.0103. The van der Waals surface area contributed by atoms with E-state index in [0.29, 0.717) is 63.7 Å². The second-order valence-electron chi connectivity index (χ2n) is 15.1. The Bertz CT molecular complexity index is 2110. The minimum Gasteiger partial charge on any atom is -0.508 e. The Kier molecular flexibility index (Phi) is 7.63. The van der Waals surface area contributed by atoms with Crippen molar-refractivity contribution in [2.45, 2.75) is 77.2 Å². The van der Waals surface area contributed by atoms with E-state index in [1.807, 2.05) is 13.0 Å². The van der Waals surface area contributed by atoms with Crippen molar-refractivity contribution in [2.24, 2.45) is 5.41 Å². The molecule has 0 spiro atoms. The molecule has 6 heterocycles. The average molecular weight is 684 g/mol. The van der Waals surface area contributed by atoms with Gasteiger partial charge in [0.2, 0.25) is 0 Å². The van der Waals surface area contributed by atoms with E-state index in [1.165, 1.54) is 12.1 Å². The van der Waals surface area contributed by atoms with Gasteiger partial charge in [-0.3, -0.25) is 4.90 Å². The number of anilines is 1. The number of nitrogens with one attached hydrogen (secondary N) is 1. The average Bonchev–Trinajstić information content (AvgIpc) is 3.51. The molecule has 2 unspecified atom stereocenters. The summed E-state index contributed by atoms with van der Waals surface area (Å²) in [5.74, 6) is -0.434. The van der Waals surface area contributed by atoms with Crippen LogP contribution in [0.4, 0.5) is 14.6 Å². The molecule has 9 rings (SSSR count). The van der Waals surface area contributed by atoms with Gasteiger partial charge in [0, 0.05) is 55.8 Å². The molecular weight excluding hydrogens is 640 g/mol. The van der Waals surface area contributed by atoms with Gasteiger partial charge in [-0.25, -0.2) is 13.3 Å². The molecule has 1 aliphatic carbocycles. The highest BCUT2D eigenvalue weighted by Crippen LogP contribution is 2.47. The van der Waals surface area contributed by atoms with E-state index in [2.05, 4.69) is 34.1 Å². The normalized spacial score (nSPS) is 24.9. The van der Waals surface area contributed by atoms with Crippen LogP contribution in [-0.4, -0.2) is 93.2 Å². The molecule has 2 N–H and O–H groups in total. The zero-order valence-corrected chi connectivity index (χ0v) is 28.8. The maximum absolute atomic E-state index is 17.5. The van der Waals surface area contributed by atoms with Crippen LogP contribution in [0.5, 0.6) is 11.8 Å². The number of fused-ring (bicyclic) bond motifs is 6. The summed E-state index contributed by atoms with van der Waals surface area (Å²) < 4.78 is 46.7. The Morgan fingerprint density at radius 3 is 2.48 bits per heavy atom. The standard InChI is InChI=1S/C38H43F2N7O3/c1-4-27-29(39)8-5-23-13-26(48)14-28(31(23)27)35-33(40)34-32(30-9-12-41-47(30)35)36(46-17-24-6-7-25(18-46)42-24)44-37(43-34)49-20-38(10-11-38)19-45-15-21(2)50-22(3)16-45/h5,8-9,12-14,21-22,24-25,42,48H,4,6-7,10-11,15-20H2,1-3H3/t21-,22+,24?,25?. The predicted octanol–water partition coefficient (Wildman–Crippen LogP) is 5.85. The number of benzene rings is 2. The van der Waals surface area contributed by atoms with Crippen LogP contribution in [0.3, 0.4) is 0 Å². The highest BCUT2D eigenvalue weighted by Gasteiger charge is 2.46. The number of hydrogen-bond acceptors (Lipinski definition) is 9. The zero-order valence-electron chi connectivity index (χ0n) is 28.8. The maximum atomic E-state index is 17.5. The summed E-state index contributed by atoms with van der Waals surface area (Å²) in [5, 5.41) is 20.8. The highest BCUT2D eigenvalue weighted by molar-refractivity contribution is 6.07. The lowest BCUT2D eigenvalue weighted by molar-refractivity contribution is -0.0741. The summed E-state index contributed by atoms with van der Waals surface area (Å²) >= 11 is 0. The molecule has 3 aliphatic heterocycles. The van der Waals surface area contributed by atoms with E-state index in [-0.39, 0.29) is 46.4 Å². The molecule has 4 fully saturated rings. The molecule has 1 saturated carbocycles. The van der Waals surface area contributed by atoms with Crippen LogP contribution in [0.25, 0.3) is 38.4 Å². The molecule has 12 heteroatoms. The Morgan fingerprint density at radius 1 is 1.00 bits per heavy atom. The van der Waals surface area contributed by atoms with Crippen LogP contribution in [0.1, 0.15) is 52.0 Å². The number of phenolic OH excluding ortho intramolecular Hbond substituents is 1. The van der Waals surface area contributed by atoms with Gasteiger partial charge < -0.3 is 24.8 Å². The molecule has 5 aromatic rings. The van der Waals surface area contributed by atoms with Crippen molar-refractivity contribution in [1.29, 1.82) is 0 Å². The first-order valence-corrected chi connectivity index (χ1v) is 18.0. The second-order valence-corrected chi connectivity index (χ2v) is 15.1. The van der Waals surface area contributed by atoms with Gasteiger partial charge in [-0.15, -0.1) is 0 Å². The number of halogens is 2. The smallest absolute Gasteiger partial charge is 0.319 e. The fourth-order valence-electron chi connectivity index (χ4n) is 8.86. The lowest BCUT2D eigenvalue weighted by Gasteiger charge is -2.37. The van der Waals surface area contributed by atoms with E-state index in [0.717, 1.165) is 58.4 Å². The van der Waals surface area contributed by atoms with Gasteiger partial charge in [0.15, 0.2) is 5.82 Å². The number of phenols is 1. The summed E-state index contributed by atoms with van der Waals surface area (Å²) in [6.07, 6.45) is 6.63. The first kappa shape index (κ1) is 31.8. The minimum atomic E-state index is -0.626. The number of aromatic nitrogens is 4. The molecular formula is C38H43F2N7O3. The topological polar surface area (TPSA) is 100 Å². The number of pyridine rings is 1. The lowest BCUT2D eigenvalue weighted by Crippen LogP contribution is -2.51. The largest absolute Gasteiger partial charge is 0.508 e. The zero-order chi connectivity index (χ0) is 34.3. The van der Waals surface area contributed by atoms with E-state index in [9.17, 15) is 5.11 Å². The van der Waals surface area contributed by atoms with Gasteiger partial charge in [0.25, 0.3) is 0 Å². The summed E-state index contributed by atoms with van der Waals surface area (Å²) in [6, 6.07) is 8.69. The number of hydrogen-bond donors (Lipinski definition) is 2. The van der Waals surface area contributed by atoms with Crippen molar-refractivity contribution in [3.8, 4) is 23.0 Å². The molecule has 0 radical (unpaired) electrons. The summed E-state index contributed by atoms with van der Waals surface area (Å²) in [5.41, 5.74) is 1.63. The number of rotatable bonds is 8. The van der Waals surface area contributed by atoms with Crippen LogP contribution in [-0.2, 0) is 11.2 Å². The monoisotopic (exact) mass is 683 g/mol. The van der Waals surface area contributed by atoms with Crippen molar-refractivity contribution < 1.29 is 23.4 Å². The maximum Gasteiger partial charge on any atom is 0.319 e. The molecule has 50 heavy (non-hydrogen) atoms. The first-order chi connectivity index (χ1) is 24.2. The first-order valence-electron chi connectivity index (χ1n) is 18.0. The van der Waals surface area contributed by atoms with Crippen LogP contribution in [0.2, 0.25) is 0 Å². The van der Waals surface area contributed by atoms with Gasteiger partial charge >= 0.3 is 6.01 Å². The number of aryl methyl sites for hydroxylation is 1. The molecule has 4 atom stereocenters. The van der Waals surface area contributed by atoms with Crippen LogP contribution < -0.4 is 15.0 Å². The van der Waals surface area contributed by atoms with E-state index in [1.54, 1.807) is 22.8 Å². The van der Waals surface area contributed by atoms with E-state index < -0.39 is 5.82 Å². The van der Waals surface area contributed by atoms with Gasteiger partial charge in [0.1, 0.15) is 28.6 Å². The number of nitrogens with zero attached hydrogens (tertiary/aromatic N) is 6. The number of morpholine rings is 1. The SMILES string of the molecule is CCc1c(F)ccc2cc(O)cc(-c3c(F)c4nc(OCC5(CN6C[C@@H](C)O[C@@H](C)C6)CC5)nc(N5CC6CCC(C5)N6)c4c4ccnn34)c12. The molecule has 2 aromatic carbocycles. The third-order valence-corrected chi connectivity index (χ3v) is 11.2. The Labute approximate surface area is 289 Å². The third kappa shape index (κ3) is 5.43. The van der Waals surface area contributed by atoms with Gasteiger partial charge in [0.05, 0.1) is 35.9 Å². The lowest BCUT2D eigenvalue weighted by atomic mass is 9.94. The van der Waals surface area contributed by atoms with Crippen molar-refractivity contribution >= 4 is 33.0 Å². The molecule has 4 aliphatic rings. The van der Waals surface area contributed by atoms with Crippen molar-refractivity contribution in [3.05, 3.63) is 53.7 Å². The predicted molar refractivity (Wildman–Crippen MR) is 188 cm³/mol. The van der Waals surface area contributed by atoms with E-state index in [4.69, 9.17) is 19.4 Å². The van der Waals surface area contributed by atoms with Crippen LogP contribution in [0.15, 0.2) is 36.5 Å². The third-order valence-electron chi connectivity index (χ3n) is 11.2. The van der Waals surface area contributed by atoms with Gasteiger partial charge in [-0.2, -0.15) is 15.1 Å². The van der Waals surface area contributed by atoms with Crippen molar-refractivity contribution in [3.63, 3.8) is 0 Å². The summed E-state index contributed by atoms with van der Waals surface area (Å²) in [7, 11) is 0. The second kappa shape index (κ2) is 12.0. The fraction of sp³-hybridized carbons (Fsp3) is 0.500. The molecule has 3 aromatic heterocycles. The Hall–Kier alpha value is -4.13. The molecule has 0 amide bonds. The van der Waals surface area contributed by atoms with E-state index >= 15 is 8.78 Å². The Morgan fingerprint density at radius 2 is 1.76 bits per heavy atom. The van der Waals surface area contributed by atoms with Crippen LogP contribution in [0, 0.1) is 17.0 Å². The number of ether oxygens (including phenoxy) is 2. The summed E-state index contributed by atoms with van der Waals surface area (Å²) in [6.45, 7) is 10.7. The summed E-state index contributed by atoms with van der Waals surface area (Å²) in [4.78, 5) is 14.5. The van der Waals surface area contributed by atoms with Gasteiger partial charge in [-0.1, -0.05) is 13.0 Å². The van der Waals surface area contributed by atoms with Crippen molar-refractivity contribution in [1.82, 2.24) is 29.8 Å². The fourth-order valence-corrected chi connectivity index (χ4v) is 8.86. The number of piperazine rings is 1. The molecule has 2 bridgehead atoms. The number of aromatic hydroxyl groups is 1. The highest BCUT2D eigenvalue weighted by atomic mass is 19.1. The molecule has 262 valence electrons. The molecule has 10 nitrogen and oxygen atoms in total.